The Balaban J connectivity index is 2.30. The second kappa shape index (κ2) is 4.80. The number of aliphatic hydroxyl groups excluding tert-OH is 2. The zero-order valence-corrected chi connectivity index (χ0v) is 7.57. The maximum atomic E-state index is 9.49. The Morgan fingerprint density at radius 3 is 2.83 bits per heavy atom. The molecule has 2 N–H and O–H groups in total. The van der Waals surface area contributed by atoms with E-state index in [0.717, 1.165) is 19.3 Å². The van der Waals surface area contributed by atoms with Gasteiger partial charge in [0.25, 0.3) is 0 Å². The summed E-state index contributed by atoms with van der Waals surface area (Å²) in [6, 6.07) is 0. The van der Waals surface area contributed by atoms with Gasteiger partial charge in [-0.3, -0.25) is 0 Å². The molecule has 1 aliphatic rings. The lowest BCUT2D eigenvalue weighted by atomic mass is 9.98. The van der Waals surface area contributed by atoms with Gasteiger partial charge in [-0.15, -0.1) is 0 Å². The quantitative estimate of drug-likeness (QED) is 0.661. The van der Waals surface area contributed by atoms with E-state index in [4.69, 9.17) is 4.74 Å². The summed E-state index contributed by atoms with van der Waals surface area (Å²) in [5.74, 6) is 0. The molecule has 3 nitrogen and oxygen atoms in total. The highest BCUT2D eigenvalue weighted by Gasteiger charge is 2.30. The molecule has 1 saturated heterocycles. The standard InChI is InChI=1S/C9H18O3/c1-2-3-4-8-9(11)7(10)5-6-12-8/h7-11H,2-6H2,1H3. The Kier molecular flexibility index (Phi) is 3.98. The van der Waals surface area contributed by atoms with E-state index >= 15 is 0 Å². The van der Waals surface area contributed by atoms with Gasteiger partial charge >= 0.3 is 0 Å². The monoisotopic (exact) mass is 174 g/mol. The SMILES string of the molecule is CCCCC1OCCC(O)C1O. The van der Waals surface area contributed by atoms with Crippen LogP contribution in [0.5, 0.6) is 0 Å². The number of aliphatic hydroxyl groups is 2. The van der Waals surface area contributed by atoms with Crippen LogP contribution >= 0.6 is 0 Å². The minimum absolute atomic E-state index is 0.145. The van der Waals surface area contributed by atoms with E-state index < -0.39 is 12.2 Å². The lowest BCUT2D eigenvalue weighted by Crippen LogP contribution is -2.44. The third kappa shape index (κ3) is 2.44. The summed E-state index contributed by atoms with van der Waals surface area (Å²) in [6.07, 6.45) is 2.16. The Morgan fingerprint density at radius 2 is 2.17 bits per heavy atom. The molecule has 0 amide bonds. The number of rotatable bonds is 3. The summed E-state index contributed by atoms with van der Waals surface area (Å²) >= 11 is 0. The van der Waals surface area contributed by atoms with Gasteiger partial charge in [-0.2, -0.15) is 0 Å². The zero-order valence-electron chi connectivity index (χ0n) is 7.57. The highest BCUT2D eigenvalue weighted by molar-refractivity contribution is 4.80. The fourth-order valence-corrected chi connectivity index (χ4v) is 1.52. The smallest absolute Gasteiger partial charge is 0.106 e. The van der Waals surface area contributed by atoms with Crippen LogP contribution in [0.3, 0.4) is 0 Å². The van der Waals surface area contributed by atoms with Crippen LogP contribution in [0.25, 0.3) is 0 Å². The fraction of sp³-hybridized carbons (Fsp3) is 1.00. The second-order valence-electron chi connectivity index (χ2n) is 3.40. The first-order valence-corrected chi connectivity index (χ1v) is 4.73. The van der Waals surface area contributed by atoms with Crippen LogP contribution in [0.15, 0.2) is 0 Å². The van der Waals surface area contributed by atoms with Crippen LogP contribution < -0.4 is 0 Å². The van der Waals surface area contributed by atoms with Crippen LogP contribution in [-0.4, -0.2) is 35.1 Å². The first-order valence-electron chi connectivity index (χ1n) is 4.73. The molecule has 1 aliphatic heterocycles. The van der Waals surface area contributed by atoms with Gasteiger partial charge in [0.2, 0.25) is 0 Å². The van der Waals surface area contributed by atoms with E-state index in [1.165, 1.54) is 0 Å². The van der Waals surface area contributed by atoms with Gasteiger partial charge in [-0.1, -0.05) is 19.8 Å². The normalized spacial score (nSPS) is 36.8. The molecule has 0 saturated carbocycles. The summed E-state index contributed by atoms with van der Waals surface area (Å²) in [6.45, 7) is 2.68. The van der Waals surface area contributed by atoms with Gasteiger partial charge in [0.15, 0.2) is 0 Å². The molecule has 0 bridgehead atoms. The van der Waals surface area contributed by atoms with Gasteiger partial charge in [-0.05, 0) is 12.8 Å². The largest absolute Gasteiger partial charge is 0.390 e. The molecule has 1 fully saturated rings. The molecule has 1 rings (SSSR count). The van der Waals surface area contributed by atoms with Crippen molar-refractivity contribution in [1.82, 2.24) is 0 Å². The van der Waals surface area contributed by atoms with Crippen molar-refractivity contribution in [2.75, 3.05) is 6.61 Å². The lowest BCUT2D eigenvalue weighted by Gasteiger charge is -2.31. The summed E-state index contributed by atoms with van der Waals surface area (Å²) in [5.41, 5.74) is 0. The molecule has 0 radical (unpaired) electrons. The Bertz CT molecular complexity index is 127. The average Bonchev–Trinajstić information content (AvgIpc) is 2.08. The molecule has 1 heterocycles. The first-order chi connectivity index (χ1) is 5.75. The van der Waals surface area contributed by atoms with Crippen LogP contribution in [-0.2, 0) is 4.74 Å². The molecular formula is C9H18O3. The van der Waals surface area contributed by atoms with Gasteiger partial charge in [0.1, 0.15) is 6.10 Å². The minimum Gasteiger partial charge on any atom is -0.390 e. The third-order valence-corrected chi connectivity index (χ3v) is 2.36. The van der Waals surface area contributed by atoms with Crippen molar-refractivity contribution in [1.29, 1.82) is 0 Å². The number of unbranched alkanes of at least 4 members (excludes halogenated alkanes) is 1. The van der Waals surface area contributed by atoms with Gasteiger partial charge in [-0.25, -0.2) is 0 Å². The predicted molar refractivity (Wildman–Crippen MR) is 45.9 cm³/mol. The number of hydrogen-bond donors (Lipinski definition) is 2. The van der Waals surface area contributed by atoms with Crippen molar-refractivity contribution in [2.24, 2.45) is 0 Å². The Labute approximate surface area is 73.4 Å². The van der Waals surface area contributed by atoms with Crippen molar-refractivity contribution in [3.05, 3.63) is 0 Å². The van der Waals surface area contributed by atoms with E-state index in [1.807, 2.05) is 0 Å². The fourth-order valence-electron chi connectivity index (χ4n) is 1.52. The molecule has 0 aliphatic carbocycles. The third-order valence-electron chi connectivity index (χ3n) is 2.36. The van der Waals surface area contributed by atoms with E-state index in [2.05, 4.69) is 6.92 Å². The number of hydrogen-bond acceptors (Lipinski definition) is 3. The van der Waals surface area contributed by atoms with E-state index in [9.17, 15) is 10.2 Å². The molecule has 0 aromatic heterocycles. The van der Waals surface area contributed by atoms with Crippen molar-refractivity contribution < 1.29 is 14.9 Å². The molecule has 0 aromatic carbocycles. The number of ether oxygens (including phenoxy) is 1. The van der Waals surface area contributed by atoms with E-state index in [-0.39, 0.29) is 6.10 Å². The summed E-state index contributed by atoms with van der Waals surface area (Å²) in [5, 5.41) is 18.8. The van der Waals surface area contributed by atoms with Crippen molar-refractivity contribution in [3.8, 4) is 0 Å². The summed E-state index contributed by atoms with van der Waals surface area (Å²) in [4.78, 5) is 0. The van der Waals surface area contributed by atoms with Crippen molar-refractivity contribution in [3.63, 3.8) is 0 Å². The zero-order chi connectivity index (χ0) is 8.97. The highest BCUT2D eigenvalue weighted by atomic mass is 16.5. The van der Waals surface area contributed by atoms with E-state index in [1.54, 1.807) is 0 Å². The summed E-state index contributed by atoms with van der Waals surface area (Å²) < 4.78 is 5.35. The molecule has 3 atom stereocenters. The maximum Gasteiger partial charge on any atom is 0.106 e. The lowest BCUT2D eigenvalue weighted by molar-refractivity contribution is -0.137. The van der Waals surface area contributed by atoms with Gasteiger partial charge in [0, 0.05) is 6.61 Å². The average molecular weight is 174 g/mol. The van der Waals surface area contributed by atoms with E-state index in [0.29, 0.717) is 13.0 Å². The van der Waals surface area contributed by atoms with Crippen LogP contribution in [0.4, 0.5) is 0 Å². The molecule has 72 valence electrons. The topological polar surface area (TPSA) is 49.7 Å². The molecule has 0 spiro atoms. The van der Waals surface area contributed by atoms with Crippen LogP contribution in [0.1, 0.15) is 32.6 Å². The first kappa shape index (κ1) is 9.96. The highest BCUT2D eigenvalue weighted by Crippen LogP contribution is 2.18. The molecule has 3 unspecified atom stereocenters. The van der Waals surface area contributed by atoms with Gasteiger partial charge in [0.05, 0.1) is 12.2 Å². The molecule has 0 aromatic rings. The molecular weight excluding hydrogens is 156 g/mol. The summed E-state index contributed by atoms with van der Waals surface area (Å²) in [7, 11) is 0. The van der Waals surface area contributed by atoms with Crippen molar-refractivity contribution in [2.45, 2.75) is 50.9 Å². The van der Waals surface area contributed by atoms with Crippen LogP contribution in [0, 0.1) is 0 Å². The predicted octanol–water partition coefficient (Wildman–Crippen LogP) is 0.687. The Hall–Kier alpha value is -0.120. The minimum atomic E-state index is -0.676. The second-order valence-corrected chi connectivity index (χ2v) is 3.40. The van der Waals surface area contributed by atoms with Gasteiger partial charge < -0.3 is 14.9 Å². The van der Waals surface area contributed by atoms with Crippen molar-refractivity contribution >= 4 is 0 Å². The Morgan fingerprint density at radius 1 is 1.42 bits per heavy atom. The van der Waals surface area contributed by atoms with Crippen LogP contribution in [0.2, 0.25) is 0 Å². The molecule has 12 heavy (non-hydrogen) atoms. The molecule has 3 heteroatoms. The maximum absolute atomic E-state index is 9.49.